The second-order valence-corrected chi connectivity index (χ2v) is 6.10. The molecule has 1 aliphatic rings. The van der Waals surface area contributed by atoms with Gasteiger partial charge in [-0.2, -0.15) is 0 Å². The monoisotopic (exact) mass is 245 g/mol. The summed E-state index contributed by atoms with van der Waals surface area (Å²) in [5, 5.41) is 3.83. The number of aryl methyl sites for hydroxylation is 2. The van der Waals surface area contributed by atoms with Crippen molar-refractivity contribution in [1.29, 1.82) is 0 Å². The topological polar surface area (TPSA) is 12.0 Å². The van der Waals surface area contributed by atoms with Crippen molar-refractivity contribution in [2.24, 2.45) is 5.92 Å². The van der Waals surface area contributed by atoms with Gasteiger partial charge in [0, 0.05) is 12.1 Å². The number of nitrogens with one attached hydrogen (secondary N) is 1. The molecule has 0 heterocycles. The number of rotatable bonds is 3. The van der Waals surface area contributed by atoms with E-state index in [0.29, 0.717) is 12.1 Å². The van der Waals surface area contributed by atoms with Gasteiger partial charge < -0.3 is 5.32 Å². The van der Waals surface area contributed by atoms with Crippen molar-refractivity contribution >= 4 is 0 Å². The molecule has 1 N–H and O–H groups in total. The Balaban J connectivity index is 2.02. The minimum atomic E-state index is 0.467. The van der Waals surface area contributed by atoms with E-state index in [1.54, 1.807) is 0 Å². The van der Waals surface area contributed by atoms with Gasteiger partial charge in [-0.3, -0.25) is 0 Å². The lowest BCUT2D eigenvalue weighted by Crippen LogP contribution is -2.38. The van der Waals surface area contributed by atoms with E-state index in [-0.39, 0.29) is 0 Å². The van der Waals surface area contributed by atoms with Gasteiger partial charge in [-0.25, -0.2) is 0 Å². The second kappa shape index (κ2) is 5.88. The van der Waals surface area contributed by atoms with E-state index in [2.05, 4.69) is 51.2 Å². The summed E-state index contributed by atoms with van der Waals surface area (Å²) in [4.78, 5) is 0. The van der Waals surface area contributed by atoms with Crippen LogP contribution < -0.4 is 5.32 Å². The first-order valence-corrected chi connectivity index (χ1v) is 7.41. The lowest BCUT2D eigenvalue weighted by atomic mass is 9.85. The lowest BCUT2D eigenvalue weighted by molar-refractivity contribution is 0.263. The third-order valence-corrected chi connectivity index (χ3v) is 4.61. The molecule has 0 aliphatic heterocycles. The average molecular weight is 245 g/mol. The van der Waals surface area contributed by atoms with Crippen LogP contribution in [0.4, 0.5) is 0 Å². The Kier molecular flexibility index (Phi) is 4.45. The van der Waals surface area contributed by atoms with Crippen molar-refractivity contribution in [1.82, 2.24) is 5.32 Å². The first kappa shape index (κ1) is 13.6. The minimum Gasteiger partial charge on any atom is -0.307 e. The van der Waals surface area contributed by atoms with Crippen LogP contribution in [0.25, 0.3) is 0 Å². The SMILES string of the molecule is Cc1ccc(C(C)NC2CCCCC2C)cc1C. The Morgan fingerprint density at radius 3 is 2.50 bits per heavy atom. The highest BCUT2D eigenvalue weighted by atomic mass is 15.0. The highest BCUT2D eigenvalue weighted by Crippen LogP contribution is 2.26. The van der Waals surface area contributed by atoms with Crippen LogP contribution in [0, 0.1) is 19.8 Å². The fraction of sp³-hybridized carbons (Fsp3) is 0.647. The molecule has 0 aromatic heterocycles. The maximum atomic E-state index is 3.83. The van der Waals surface area contributed by atoms with E-state index in [9.17, 15) is 0 Å². The highest BCUT2D eigenvalue weighted by molar-refractivity contribution is 5.31. The van der Waals surface area contributed by atoms with Crippen molar-refractivity contribution < 1.29 is 0 Å². The molecule has 3 atom stereocenters. The van der Waals surface area contributed by atoms with Crippen molar-refractivity contribution in [3.05, 3.63) is 34.9 Å². The molecule has 1 saturated carbocycles. The first-order chi connectivity index (χ1) is 8.58. The van der Waals surface area contributed by atoms with E-state index < -0.39 is 0 Å². The molecular weight excluding hydrogens is 218 g/mol. The summed E-state index contributed by atoms with van der Waals surface area (Å²) in [6, 6.07) is 8.02. The van der Waals surface area contributed by atoms with E-state index in [0.717, 1.165) is 5.92 Å². The molecule has 0 spiro atoms. The van der Waals surface area contributed by atoms with Crippen molar-refractivity contribution in [3.63, 3.8) is 0 Å². The number of benzene rings is 1. The molecular formula is C17H27N. The Labute approximate surface area is 112 Å². The van der Waals surface area contributed by atoms with Gasteiger partial charge in [-0.15, -0.1) is 0 Å². The molecule has 1 aliphatic carbocycles. The smallest absolute Gasteiger partial charge is 0.0294 e. The van der Waals surface area contributed by atoms with Gasteiger partial charge in [-0.1, -0.05) is 38.0 Å². The maximum Gasteiger partial charge on any atom is 0.0294 e. The van der Waals surface area contributed by atoms with Crippen LogP contribution in [0.2, 0.25) is 0 Å². The Morgan fingerprint density at radius 2 is 1.83 bits per heavy atom. The molecule has 1 heteroatoms. The quantitative estimate of drug-likeness (QED) is 0.825. The van der Waals surface area contributed by atoms with Crippen LogP contribution in [0.5, 0.6) is 0 Å². The van der Waals surface area contributed by atoms with Gasteiger partial charge >= 0.3 is 0 Å². The van der Waals surface area contributed by atoms with Crippen LogP contribution in [0.15, 0.2) is 18.2 Å². The lowest BCUT2D eigenvalue weighted by Gasteiger charge is -2.32. The summed E-state index contributed by atoms with van der Waals surface area (Å²) in [5.74, 6) is 0.827. The predicted molar refractivity (Wildman–Crippen MR) is 78.9 cm³/mol. The number of hydrogen-bond acceptors (Lipinski definition) is 1. The summed E-state index contributed by atoms with van der Waals surface area (Å²) >= 11 is 0. The average Bonchev–Trinajstić information content (AvgIpc) is 2.35. The molecule has 0 bridgehead atoms. The Hall–Kier alpha value is -0.820. The molecule has 100 valence electrons. The maximum absolute atomic E-state index is 3.83. The van der Waals surface area contributed by atoms with E-state index in [1.165, 1.54) is 42.4 Å². The Morgan fingerprint density at radius 1 is 1.11 bits per heavy atom. The standard InChI is InChI=1S/C17H27N/c1-12-9-10-16(11-14(12)3)15(4)18-17-8-6-5-7-13(17)2/h9-11,13,15,17-18H,5-8H2,1-4H3. The first-order valence-electron chi connectivity index (χ1n) is 7.41. The zero-order chi connectivity index (χ0) is 13.1. The van der Waals surface area contributed by atoms with E-state index in [1.807, 2.05) is 0 Å². The zero-order valence-corrected chi connectivity index (χ0v) is 12.3. The fourth-order valence-corrected chi connectivity index (χ4v) is 3.02. The van der Waals surface area contributed by atoms with Gasteiger partial charge in [0.2, 0.25) is 0 Å². The Bertz CT molecular complexity index is 397. The normalized spacial score (nSPS) is 26.0. The molecule has 1 fully saturated rings. The molecule has 1 aromatic carbocycles. The summed E-state index contributed by atoms with van der Waals surface area (Å²) in [5.41, 5.74) is 4.21. The molecule has 0 radical (unpaired) electrons. The van der Waals surface area contributed by atoms with Gasteiger partial charge in [0.1, 0.15) is 0 Å². The van der Waals surface area contributed by atoms with Crippen LogP contribution in [-0.4, -0.2) is 6.04 Å². The van der Waals surface area contributed by atoms with Crippen LogP contribution in [0.1, 0.15) is 62.3 Å². The van der Waals surface area contributed by atoms with Crippen LogP contribution >= 0.6 is 0 Å². The largest absolute Gasteiger partial charge is 0.307 e. The third kappa shape index (κ3) is 3.14. The van der Waals surface area contributed by atoms with Crippen molar-refractivity contribution in [2.75, 3.05) is 0 Å². The fourth-order valence-electron chi connectivity index (χ4n) is 3.02. The molecule has 0 saturated heterocycles. The van der Waals surface area contributed by atoms with Gasteiger partial charge in [0.05, 0.1) is 0 Å². The zero-order valence-electron chi connectivity index (χ0n) is 12.3. The van der Waals surface area contributed by atoms with Gasteiger partial charge in [-0.05, 0) is 56.2 Å². The summed E-state index contributed by atoms with van der Waals surface area (Å²) < 4.78 is 0. The molecule has 18 heavy (non-hydrogen) atoms. The third-order valence-electron chi connectivity index (χ3n) is 4.61. The van der Waals surface area contributed by atoms with Crippen molar-refractivity contribution in [3.8, 4) is 0 Å². The van der Waals surface area contributed by atoms with E-state index >= 15 is 0 Å². The molecule has 2 rings (SSSR count). The molecule has 0 amide bonds. The summed E-state index contributed by atoms with van der Waals surface area (Å²) in [7, 11) is 0. The van der Waals surface area contributed by atoms with Crippen LogP contribution in [0.3, 0.4) is 0 Å². The van der Waals surface area contributed by atoms with Gasteiger partial charge in [0.25, 0.3) is 0 Å². The van der Waals surface area contributed by atoms with Crippen LogP contribution in [-0.2, 0) is 0 Å². The molecule has 1 nitrogen and oxygen atoms in total. The summed E-state index contributed by atoms with van der Waals surface area (Å²) in [6.45, 7) is 9.07. The predicted octanol–water partition coefficient (Wildman–Crippen LogP) is 4.53. The number of hydrogen-bond donors (Lipinski definition) is 1. The minimum absolute atomic E-state index is 0.467. The second-order valence-electron chi connectivity index (χ2n) is 6.10. The van der Waals surface area contributed by atoms with E-state index in [4.69, 9.17) is 0 Å². The summed E-state index contributed by atoms with van der Waals surface area (Å²) in [6.07, 6.45) is 5.53. The highest BCUT2D eigenvalue weighted by Gasteiger charge is 2.22. The van der Waals surface area contributed by atoms with Crippen molar-refractivity contribution in [2.45, 2.75) is 65.5 Å². The molecule has 1 aromatic rings. The van der Waals surface area contributed by atoms with Gasteiger partial charge in [0.15, 0.2) is 0 Å². The molecule has 3 unspecified atom stereocenters.